The summed E-state index contributed by atoms with van der Waals surface area (Å²) < 4.78 is 16.6. The van der Waals surface area contributed by atoms with Crippen LogP contribution >= 0.6 is 34.4 Å². The number of carbonyl (C=O) groups is 2. The van der Waals surface area contributed by atoms with Crippen molar-refractivity contribution in [2.24, 2.45) is 5.73 Å². The molecule has 1 aromatic carbocycles. The molecule has 0 aliphatic heterocycles. The predicted molar refractivity (Wildman–Crippen MR) is 116 cm³/mol. The largest absolute Gasteiger partial charge is 0.493 e. The third-order valence-electron chi connectivity index (χ3n) is 3.63. The van der Waals surface area contributed by atoms with Gasteiger partial charge in [-0.15, -0.1) is 21.5 Å². The Balaban J connectivity index is 1.71. The highest BCUT2D eigenvalue weighted by atomic mass is 32.2. The Morgan fingerprint density at radius 3 is 2.53 bits per heavy atom. The first-order valence-corrected chi connectivity index (χ1v) is 11.2. The van der Waals surface area contributed by atoms with Gasteiger partial charge in [-0.05, 0) is 23.6 Å². The van der Waals surface area contributed by atoms with Gasteiger partial charge in [0.1, 0.15) is 0 Å². The molecule has 0 radical (unpaired) electrons. The van der Waals surface area contributed by atoms with Gasteiger partial charge >= 0.3 is 0 Å². The van der Waals surface area contributed by atoms with Crippen molar-refractivity contribution in [3.8, 4) is 17.2 Å². The number of thiophene rings is 1. The first-order chi connectivity index (χ1) is 14.5. The van der Waals surface area contributed by atoms with Gasteiger partial charge in [0.15, 0.2) is 22.4 Å². The number of rotatable bonds is 10. The summed E-state index contributed by atoms with van der Waals surface area (Å²) in [7, 11) is 2.82. The highest BCUT2D eigenvalue weighted by Crippen LogP contribution is 2.39. The Morgan fingerprint density at radius 1 is 1.20 bits per heavy atom. The maximum absolute atomic E-state index is 12.7. The molecule has 0 saturated heterocycles. The second-order valence-corrected chi connectivity index (χ2v) is 8.89. The SMILES string of the molecule is COc1cc(C(=O)Nc2nnc(SCc3cccs3)s2)cc(OC)c1OCC(N)=O. The van der Waals surface area contributed by atoms with E-state index >= 15 is 0 Å². The Labute approximate surface area is 184 Å². The van der Waals surface area contributed by atoms with E-state index in [4.69, 9.17) is 19.9 Å². The standard InChI is InChI=1S/C18H18N4O5S3/c1-25-12-6-10(7-13(26-2)15(12)27-8-14(19)23)16(24)20-17-21-22-18(30-17)29-9-11-4-3-5-28-11/h3-7H,8-9H2,1-2H3,(H2,19,23)(H,20,21,24). The highest BCUT2D eigenvalue weighted by molar-refractivity contribution is 8.00. The van der Waals surface area contributed by atoms with Crippen LogP contribution in [0, 0.1) is 0 Å². The van der Waals surface area contributed by atoms with Crippen LogP contribution in [0.5, 0.6) is 17.2 Å². The number of nitrogens with one attached hydrogen (secondary N) is 1. The summed E-state index contributed by atoms with van der Waals surface area (Å²) in [5.41, 5.74) is 5.38. The van der Waals surface area contributed by atoms with E-state index in [1.807, 2.05) is 11.4 Å². The molecule has 0 spiro atoms. The highest BCUT2D eigenvalue weighted by Gasteiger charge is 2.19. The molecule has 158 valence electrons. The number of carbonyl (C=O) groups excluding carboxylic acids is 2. The number of primary amides is 1. The summed E-state index contributed by atoms with van der Waals surface area (Å²) >= 11 is 4.52. The van der Waals surface area contributed by atoms with Crippen LogP contribution in [0.25, 0.3) is 0 Å². The van der Waals surface area contributed by atoms with E-state index in [1.165, 1.54) is 42.6 Å². The summed E-state index contributed by atoms with van der Waals surface area (Å²) in [5.74, 6) is 0.361. The van der Waals surface area contributed by atoms with E-state index in [0.717, 1.165) is 10.1 Å². The average Bonchev–Trinajstić information content (AvgIpc) is 3.41. The van der Waals surface area contributed by atoms with Gasteiger partial charge in [-0.1, -0.05) is 29.2 Å². The predicted octanol–water partition coefficient (Wildman–Crippen LogP) is 3.03. The lowest BCUT2D eigenvalue weighted by atomic mass is 10.1. The molecular formula is C18H18N4O5S3. The van der Waals surface area contributed by atoms with Crippen LogP contribution in [0.4, 0.5) is 5.13 Å². The van der Waals surface area contributed by atoms with E-state index in [9.17, 15) is 9.59 Å². The molecule has 30 heavy (non-hydrogen) atoms. The minimum atomic E-state index is -0.648. The molecule has 0 saturated carbocycles. The molecule has 0 atom stereocenters. The van der Waals surface area contributed by atoms with Crippen LogP contribution in [0.1, 0.15) is 15.2 Å². The second kappa shape index (κ2) is 10.3. The molecule has 2 heterocycles. The van der Waals surface area contributed by atoms with Gasteiger partial charge in [-0.3, -0.25) is 14.9 Å². The monoisotopic (exact) mass is 466 g/mol. The third-order valence-corrected chi connectivity index (χ3v) is 6.71. The summed E-state index contributed by atoms with van der Waals surface area (Å²) in [5, 5.41) is 13.2. The molecule has 3 N–H and O–H groups in total. The van der Waals surface area contributed by atoms with Crippen LogP contribution < -0.4 is 25.3 Å². The van der Waals surface area contributed by atoms with Crippen molar-refractivity contribution in [3.05, 3.63) is 40.1 Å². The maximum Gasteiger partial charge on any atom is 0.257 e. The smallest absolute Gasteiger partial charge is 0.257 e. The molecule has 0 bridgehead atoms. The van der Waals surface area contributed by atoms with Crippen molar-refractivity contribution in [1.29, 1.82) is 0 Å². The number of thioether (sulfide) groups is 1. The minimum Gasteiger partial charge on any atom is -0.493 e. The fourth-order valence-corrected chi connectivity index (χ4v) is 4.83. The Hall–Kier alpha value is -2.83. The minimum absolute atomic E-state index is 0.179. The number of hydrogen-bond acceptors (Lipinski definition) is 10. The average molecular weight is 467 g/mol. The molecule has 0 aliphatic rings. The van der Waals surface area contributed by atoms with Gasteiger partial charge in [0.25, 0.3) is 11.8 Å². The number of aromatic nitrogens is 2. The number of ether oxygens (including phenoxy) is 3. The van der Waals surface area contributed by atoms with Gasteiger partial charge in [-0.25, -0.2) is 0 Å². The first-order valence-electron chi connectivity index (χ1n) is 8.47. The fourth-order valence-electron chi connectivity index (χ4n) is 2.31. The third kappa shape index (κ3) is 5.62. The van der Waals surface area contributed by atoms with Crippen molar-refractivity contribution < 1.29 is 23.8 Å². The molecule has 3 aromatic rings. The quantitative estimate of drug-likeness (QED) is 0.345. The maximum atomic E-state index is 12.7. The van der Waals surface area contributed by atoms with Gasteiger partial charge in [0.2, 0.25) is 10.9 Å². The van der Waals surface area contributed by atoms with E-state index in [1.54, 1.807) is 23.1 Å². The lowest BCUT2D eigenvalue weighted by Gasteiger charge is -2.15. The number of nitrogens with zero attached hydrogens (tertiary/aromatic N) is 2. The van der Waals surface area contributed by atoms with E-state index in [-0.39, 0.29) is 29.4 Å². The molecule has 3 rings (SSSR count). The van der Waals surface area contributed by atoms with Crippen LogP contribution in [0.3, 0.4) is 0 Å². The van der Waals surface area contributed by atoms with E-state index < -0.39 is 11.8 Å². The van der Waals surface area contributed by atoms with Gasteiger partial charge < -0.3 is 19.9 Å². The number of amides is 2. The number of nitrogens with two attached hydrogens (primary N) is 1. The van der Waals surface area contributed by atoms with Gasteiger partial charge in [-0.2, -0.15) is 0 Å². The molecule has 2 aromatic heterocycles. The molecule has 2 amide bonds. The normalized spacial score (nSPS) is 10.5. The van der Waals surface area contributed by atoms with E-state index in [2.05, 4.69) is 21.6 Å². The van der Waals surface area contributed by atoms with Crippen LogP contribution in [0.2, 0.25) is 0 Å². The van der Waals surface area contributed by atoms with Gasteiger partial charge in [0, 0.05) is 16.2 Å². The molecule has 9 nitrogen and oxygen atoms in total. The zero-order valence-electron chi connectivity index (χ0n) is 16.0. The summed E-state index contributed by atoms with van der Waals surface area (Å²) in [6, 6.07) is 7.00. The van der Waals surface area contributed by atoms with Crippen molar-refractivity contribution >= 4 is 51.4 Å². The van der Waals surface area contributed by atoms with Crippen molar-refractivity contribution in [2.45, 2.75) is 10.1 Å². The summed E-state index contributed by atoms with van der Waals surface area (Å²) in [4.78, 5) is 24.9. The Bertz CT molecular complexity index is 998. The zero-order chi connectivity index (χ0) is 21.5. The molecule has 0 unspecified atom stereocenters. The zero-order valence-corrected chi connectivity index (χ0v) is 18.5. The van der Waals surface area contributed by atoms with Crippen LogP contribution in [0.15, 0.2) is 34.0 Å². The summed E-state index contributed by atoms with van der Waals surface area (Å²) in [6.45, 7) is -0.352. The van der Waals surface area contributed by atoms with Gasteiger partial charge in [0.05, 0.1) is 14.2 Å². The number of hydrogen-bond donors (Lipinski definition) is 2. The lowest BCUT2D eigenvalue weighted by Crippen LogP contribution is -2.20. The topological polar surface area (TPSA) is 126 Å². The first kappa shape index (κ1) is 21.9. The fraction of sp³-hybridized carbons (Fsp3) is 0.222. The Morgan fingerprint density at radius 2 is 1.93 bits per heavy atom. The van der Waals surface area contributed by atoms with Crippen LogP contribution in [-0.2, 0) is 10.5 Å². The van der Waals surface area contributed by atoms with Crippen molar-refractivity contribution in [3.63, 3.8) is 0 Å². The molecule has 12 heteroatoms. The van der Waals surface area contributed by atoms with Crippen molar-refractivity contribution in [2.75, 3.05) is 26.1 Å². The van der Waals surface area contributed by atoms with E-state index in [0.29, 0.717) is 5.13 Å². The Kier molecular flexibility index (Phi) is 7.49. The van der Waals surface area contributed by atoms with Crippen LogP contribution in [-0.4, -0.2) is 42.8 Å². The molecule has 0 fully saturated rings. The number of benzene rings is 1. The lowest BCUT2D eigenvalue weighted by molar-refractivity contribution is -0.120. The molecular weight excluding hydrogens is 448 g/mol. The number of anilines is 1. The summed E-state index contributed by atoms with van der Waals surface area (Å²) in [6.07, 6.45) is 0. The molecule has 0 aliphatic carbocycles. The number of methoxy groups -OCH3 is 2. The van der Waals surface area contributed by atoms with Crippen molar-refractivity contribution in [1.82, 2.24) is 10.2 Å². The second-order valence-electron chi connectivity index (χ2n) is 5.66.